The van der Waals surface area contributed by atoms with Crippen molar-refractivity contribution in [2.75, 3.05) is 25.0 Å². The number of benzene rings is 1. The van der Waals surface area contributed by atoms with Crippen LogP contribution in [0.5, 0.6) is 0 Å². The molecular formula is C18H31IN4. The monoisotopic (exact) mass is 430 g/mol. The van der Waals surface area contributed by atoms with Gasteiger partial charge in [0.15, 0.2) is 5.96 Å². The van der Waals surface area contributed by atoms with Gasteiger partial charge in [-0.3, -0.25) is 9.89 Å². The molecule has 1 aliphatic rings. The Labute approximate surface area is 157 Å². The summed E-state index contributed by atoms with van der Waals surface area (Å²) in [6, 6.07) is 8.77. The molecule has 0 aromatic heterocycles. The van der Waals surface area contributed by atoms with Gasteiger partial charge >= 0.3 is 0 Å². The fourth-order valence-corrected chi connectivity index (χ4v) is 2.95. The van der Waals surface area contributed by atoms with E-state index in [1.165, 1.54) is 50.8 Å². The third-order valence-electron chi connectivity index (χ3n) is 4.34. The molecule has 1 aromatic carbocycles. The quantitative estimate of drug-likeness (QED) is 0.408. The molecule has 1 aromatic rings. The third-order valence-corrected chi connectivity index (χ3v) is 4.34. The number of hydrogen-bond donors (Lipinski definition) is 2. The van der Waals surface area contributed by atoms with Crippen LogP contribution in [0.1, 0.15) is 44.6 Å². The van der Waals surface area contributed by atoms with Crippen LogP contribution in [-0.4, -0.2) is 36.5 Å². The van der Waals surface area contributed by atoms with Crippen molar-refractivity contribution in [1.29, 1.82) is 0 Å². The molecule has 0 radical (unpaired) electrons. The second kappa shape index (κ2) is 10.9. The number of piperidine rings is 1. The molecule has 1 atom stereocenters. The van der Waals surface area contributed by atoms with Crippen molar-refractivity contribution in [3.05, 3.63) is 29.8 Å². The fraction of sp³-hybridized carbons (Fsp3) is 0.611. The van der Waals surface area contributed by atoms with Gasteiger partial charge in [-0.1, -0.05) is 37.5 Å². The number of unbranched alkanes of at least 4 members (excludes halogenated alkanes) is 1. The molecule has 4 nitrogen and oxygen atoms in total. The van der Waals surface area contributed by atoms with E-state index in [4.69, 9.17) is 5.73 Å². The van der Waals surface area contributed by atoms with Crippen LogP contribution in [0.15, 0.2) is 29.3 Å². The molecule has 0 bridgehead atoms. The molecule has 0 spiro atoms. The predicted octanol–water partition coefficient (Wildman–Crippen LogP) is 3.99. The van der Waals surface area contributed by atoms with Gasteiger partial charge in [-0.2, -0.15) is 0 Å². The van der Waals surface area contributed by atoms with E-state index in [1.54, 1.807) is 0 Å². The van der Waals surface area contributed by atoms with Crippen molar-refractivity contribution >= 4 is 35.6 Å². The molecule has 3 N–H and O–H groups in total. The molecule has 130 valence electrons. The summed E-state index contributed by atoms with van der Waals surface area (Å²) in [5, 5.41) is 3.18. The van der Waals surface area contributed by atoms with Crippen LogP contribution in [-0.2, 0) is 0 Å². The van der Waals surface area contributed by atoms with Crippen molar-refractivity contribution in [2.45, 2.75) is 52.0 Å². The summed E-state index contributed by atoms with van der Waals surface area (Å²) in [6.45, 7) is 7.54. The highest BCUT2D eigenvalue weighted by molar-refractivity contribution is 14.0. The lowest BCUT2D eigenvalue weighted by molar-refractivity contribution is 0.151. The Hall–Kier alpha value is -0.820. The van der Waals surface area contributed by atoms with Crippen LogP contribution >= 0.6 is 24.0 Å². The molecule has 23 heavy (non-hydrogen) atoms. The van der Waals surface area contributed by atoms with E-state index in [-0.39, 0.29) is 24.0 Å². The van der Waals surface area contributed by atoms with E-state index < -0.39 is 0 Å². The minimum atomic E-state index is 0. The van der Waals surface area contributed by atoms with E-state index in [0.29, 0.717) is 12.0 Å². The van der Waals surface area contributed by atoms with E-state index in [9.17, 15) is 0 Å². The van der Waals surface area contributed by atoms with Crippen LogP contribution in [0.2, 0.25) is 0 Å². The van der Waals surface area contributed by atoms with Gasteiger partial charge in [0.2, 0.25) is 0 Å². The maximum atomic E-state index is 6.03. The van der Waals surface area contributed by atoms with Gasteiger partial charge in [0.1, 0.15) is 0 Å². The first-order valence-electron chi connectivity index (χ1n) is 8.56. The minimum Gasteiger partial charge on any atom is -0.370 e. The zero-order chi connectivity index (χ0) is 15.8. The maximum absolute atomic E-state index is 6.03. The number of guanidine groups is 1. The van der Waals surface area contributed by atoms with Crippen molar-refractivity contribution in [3.63, 3.8) is 0 Å². The SMILES string of the molecule is CCCCN1CCCCC1CN=C(N)Nc1ccc(C)cc1.I. The lowest BCUT2D eigenvalue weighted by Gasteiger charge is -2.34. The van der Waals surface area contributed by atoms with Crippen molar-refractivity contribution < 1.29 is 0 Å². The van der Waals surface area contributed by atoms with Gasteiger partial charge in [0.25, 0.3) is 0 Å². The summed E-state index contributed by atoms with van der Waals surface area (Å²) in [6.07, 6.45) is 6.40. The number of rotatable bonds is 6. The third kappa shape index (κ3) is 7.08. The van der Waals surface area contributed by atoms with Gasteiger partial charge in [-0.25, -0.2) is 0 Å². The zero-order valence-electron chi connectivity index (χ0n) is 14.4. The highest BCUT2D eigenvalue weighted by Gasteiger charge is 2.21. The Kier molecular flexibility index (Phi) is 9.55. The molecule has 1 unspecified atom stereocenters. The van der Waals surface area contributed by atoms with Crippen LogP contribution < -0.4 is 11.1 Å². The largest absolute Gasteiger partial charge is 0.370 e. The number of aryl methyl sites for hydroxylation is 1. The summed E-state index contributed by atoms with van der Waals surface area (Å²) in [4.78, 5) is 7.16. The Morgan fingerprint density at radius 3 is 2.74 bits per heavy atom. The molecular weight excluding hydrogens is 399 g/mol. The number of halogens is 1. The fourth-order valence-electron chi connectivity index (χ4n) is 2.95. The number of nitrogens with two attached hydrogens (primary N) is 1. The zero-order valence-corrected chi connectivity index (χ0v) is 16.8. The number of nitrogens with one attached hydrogen (secondary N) is 1. The van der Waals surface area contributed by atoms with Gasteiger partial charge in [0.05, 0.1) is 6.54 Å². The number of anilines is 1. The molecule has 0 amide bonds. The van der Waals surface area contributed by atoms with E-state index in [0.717, 1.165) is 12.2 Å². The first-order chi connectivity index (χ1) is 10.7. The lowest BCUT2D eigenvalue weighted by Crippen LogP contribution is -2.42. The Morgan fingerprint density at radius 2 is 2.04 bits per heavy atom. The average molecular weight is 430 g/mol. The summed E-state index contributed by atoms with van der Waals surface area (Å²) < 4.78 is 0. The molecule has 0 saturated carbocycles. The van der Waals surface area contributed by atoms with Crippen LogP contribution in [0, 0.1) is 6.92 Å². The standard InChI is InChI=1S/C18H30N4.HI/c1-3-4-12-22-13-6-5-7-17(22)14-20-18(19)21-16-10-8-15(2)9-11-16;/h8-11,17H,3-7,12-14H2,1-2H3,(H3,19,20,21);1H. The maximum Gasteiger partial charge on any atom is 0.193 e. The Bertz CT molecular complexity index is 472. The van der Waals surface area contributed by atoms with Crippen LogP contribution in [0.25, 0.3) is 0 Å². The van der Waals surface area contributed by atoms with Gasteiger partial charge in [0, 0.05) is 11.7 Å². The predicted molar refractivity (Wildman–Crippen MR) is 111 cm³/mol. The Balaban J connectivity index is 0.00000264. The number of likely N-dealkylation sites (tertiary alicyclic amines) is 1. The van der Waals surface area contributed by atoms with Gasteiger partial charge in [-0.15, -0.1) is 24.0 Å². The highest BCUT2D eigenvalue weighted by Crippen LogP contribution is 2.18. The topological polar surface area (TPSA) is 53.6 Å². The van der Waals surface area contributed by atoms with E-state index in [2.05, 4.69) is 41.2 Å². The molecule has 1 fully saturated rings. The van der Waals surface area contributed by atoms with Crippen molar-refractivity contribution in [1.82, 2.24) is 4.90 Å². The second-order valence-corrected chi connectivity index (χ2v) is 6.26. The molecule has 1 aliphatic heterocycles. The summed E-state index contributed by atoms with van der Waals surface area (Å²) in [5.74, 6) is 0.518. The van der Waals surface area contributed by atoms with Crippen LogP contribution in [0.4, 0.5) is 5.69 Å². The average Bonchev–Trinajstić information content (AvgIpc) is 2.54. The van der Waals surface area contributed by atoms with Crippen LogP contribution in [0.3, 0.4) is 0 Å². The molecule has 5 heteroatoms. The summed E-state index contributed by atoms with van der Waals surface area (Å²) in [5.41, 5.74) is 8.27. The molecule has 0 aliphatic carbocycles. The molecule has 2 rings (SSSR count). The summed E-state index contributed by atoms with van der Waals surface area (Å²) >= 11 is 0. The van der Waals surface area contributed by atoms with Gasteiger partial charge < -0.3 is 11.1 Å². The Morgan fingerprint density at radius 1 is 1.30 bits per heavy atom. The number of aliphatic imine (C=N–C) groups is 1. The van der Waals surface area contributed by atoms with Crippen molar-refractivity contribution in [2.24, 2.45) is 10.7 Å². The summed E-state index contributed by atoms with van der Waals surface area (Å²) in [7, 11) is 0. The normalized spacial score (nSPS) is 19.2. The van der Waals surface area contributed by atoms with E-state index in [1.807, 2.05) is 12.1 Å². The second-order valence-electron chi connectivity index (χ2n) is 6.26. The van der Waals surface area contributed by atoms with E-state index >= 15 is 0 Å². The minimum absolute atomic E-state index is 0. The van der Waals surface area contributed by atoms with Gasteiger partial charge in [-0.05, 0) is 51.4 Å². The first-order valence-corrected chi connectivity index (χ1v) is 8.56. The highest BCUT2D eigenvalue weighted by atomic mass is 127. The molecule has 1 heterocycles. The smallest absolute Gasteiger partial charge is 0.193 e. The number of nitrogens with zero attached hydrogens (tertiary/aromatic N) is 2. The molecule has 1 saturated heterocycles. The lowest BCUT2D eigenvalue weighted by atomic mass is 10.0. The first kappa shape index (κ1) is 20.2. The number of hydrogen-bond acceptors (Lipinski definition) is 2. The van der Waals surface area contributed by atoms with Crippen molar-refractivity contribution in [3.8, 4) is 0 Å².